The predicted molar refractivity (Wildman–Crippen MR) is 235 cm³/mol. The maximum atomic E-state index is 7.20. The number of hydrogen-bond donors (Lipinski definition) is 0. The number of nitrogens with zero attached hydrogens (tertiary/aromatic N) is 1. The molecule has 0 saturated heterocycles. The van der Waals surface area contributed by atoms with Crippen LogP contribution in [-0.4, -0.2) is 13.4 Å². The molecule has 0 N–H and O–H groups in total. The van der Waals surface area contributed by atoms with Gasteiger partial charge in [0.05, 0.1) is 11.3 Å². The molecule has 1 aliphatic heterocycles. The second-order valence-electron chi connectivity index (χ2n) is 15.1. The third-order valence-electron chi connectivity index (χ3n) is 12.1. The maximum Gasteiger partial charge on any atom is 0.290 e. The smallest absolute Gasteiger partial charge is 0.290 e. The van der Waals surface area contributed by atoms with E-state index in [1.54, 1.807) is 0 Å². The van der Waals surface area contributed by atoms with Crippen LogP contribution in [0.3, 0.4) is 0 Å². The van der Waals surface area contributed by atoms with Crippen LogP contribution in [0, 0.1) is 0 Å². The fourth-order valence-electron chi connectivity index (χ4n) is 9.67. The van der Waals surface area contributed by atoms with Crippen molar-refractivity contribution in [2.45, 2.75) is 6.42 Å². The van der Waals surface area contributed by atoms with Crippen molar-refractivity contribution in [1.82, 2.24) is 0 Å². The van der Waals surface area contributed by atoms with E-state index in [1.165, 1.54) is 49.4 Å². The number of benzene rings is 8. The van der Waals surface area contributed by atoms with Crippen LogP contribution in [0.2, 0.25) is 0 Å². The van der Waals surface area contributed by atoms with Gasteiger partial charge in [-0.05, 0) is 98.9 Å². The third-order valence-corrected chi connectivity index (χ3v) is 12.1. The molecule has 0 fully saturated rings. The molecule has 3 nitrogen and oxygen atoms in total. The van der Waals surface area contributed by atoms with Crippen molar-refractivity contribution in [3.63, 3.8) is 0 Å². The van der Waals surface area contributed by atoms with Gasteiger partial charge < -0.3 is 13.7 Å². The van der Waals surface area contributed by atoms with Crippen LogP contribution in [0.1, 0.15) is 11.1 Å². The second kappa shape index (κ2) is 12.3. The lowest BCUT2D eigenvalue weighted by Crippen LogP contribution is -2.73. The molecule has 8 aromatic carbocycles. The standard InChI is InChI=1S/C51H33B2NO2/c1-3-15-38(16-4-1)54(39-17-5-2-6-18-39)40-27-24-36(25-28-40)52-49-47-43-20-10-7-13-33(43)23-30-46(47)56-51(49)53(48-44-21-11-12-22-45(44)55-50(48)52)37-26-29-42-35(32-37)31-34-14-8-9-19-41(34)42/h1-30,32H,31H2. The Labute approximate surface area is 325 Å². The molecule has 0 spiro atoms. The number of anilines is 3. The van der Waals surface area contributed by atoms with Gasteiger partial charge in [-0.2, -0.15) is 0 Å². The molecule has 0 radical (unpaired) electrons. The van der Waals surface area contributed by atoms with E-state index < -0.39 is 0 Å². The topological polar surface area (TPSA) is 29.5 Å². The van der Waals surface area contributed by atoms with Crippen LogP contribution in [0.25, 0.3) is 43.8 Å². The van der Waals surface area contributed by atoms with Crippen LogP contribution in [0.4, 0.5) is 17.1 Å². The minimum atomic E-state index is -0.190. The Bertz CT molecular complexity index is 3090. The van der Waals surface area contributed by atoms with Crippen molar-refractivity contribution in [2.24, 2.45) is 0 Å². The van der Waals surface area contributed by atoms with Gasteiger partial charge in [-0.3, -0.25) is 0 Å². The van der Waals surface area contributed by atoms with Crippen LogP contribution in [0.5, 0.6) is 0 Å². The summed E-state index contributed by atoms with van der Waals surface area (Å²) < 4.78 is 14.3. The highest BCUT2D eigenvalue weighted by molar-refractivity contribution is 7.12. The van der Waals surface area contributed by atoms with E-state index in [-0.39, 0.29) is 13.4 Å². The summed E-state index contributed by atoms with van der Waals surface area (Å²) in [6.07, 6.45) is 0.931. The average Bonchev–Trinajstić information content (AvgIpc) is 3.95. The van der Waals surface area contributed by atoms with Crippen molar-refractivity contribution in [3.8, 4) is 11.1 Å². The Morgan fingerprint density at radius 3 is 1.80 bits per heavy atom. The first kappa shape index (κ1) is 31.4. The van der Waals surface area contributed by atoms with Crippen LogP contribution >= 0.6 is 0 Å². The van der Waals surface area contributed by atoms with Crippen LogP contribution in [-0.2, 0) is 6.42 Å². The largest absolute Gasteiger partial charge is 0.471 e. The number of fused-ring (bicyclic) bond motifs is 11. The Morgan fingerprint density at radius 1 is 0.411 bits per heavy atom. The molecule has 2 aromatic heterocycles. The lowest BCUT2D eigenvalue weighted by molar-refractivity contribution is 0.647. The van der Waals surface area contributed by atoms with Gasteiger partial charge in [-0.1, -0.05) is 150 Å². The van der Waals surface area contributed by atoms with Gasteiger partial charge in [-0.15, -0.1) is 0 Å². The normalized spacial score (nSPS) is 12.9. The quantitative estimate of drug-likeness (QED) is 0.167. The van der Waals surface area contributed by atoms with E-state index in [9.17, 15) is 0 Å². The molecular formula is C51H33B2NO2. The lowest BCUT2D eigenvalue weighted by Gasteiger charge is -2.27. The summed E-state index contributed by atoms with van der Waals surface area (Å²) in [5.41, 5.74) is 17.3. The molecule has 0 atom stereocenters. The molecule has 12 rings (SSSR count). The first-order valence-corrected chi connectivity index (χ1v) is 19.4. The Kier molecular flexibility index (Phi) is 6.88. The molecule has 0 amide bonds. The highest BCUT2D eigenvalue weighted by atomic mass is 16.3. The number of para-hydroxylation sites is 3. The molecule has 260 valence electrons. The van der Waals surface area contributed by atoms with Crippen LogP contribution < -0.4 is 38.1 Å². The van der Waals surface area contributed by atoms with E-state index in [1.807, 2.05) is 0 Å². The Morgan fingerprint density at radius 2 is 1.00 bits per heavy atom. The highest BCUT2D eigenvalue weighted by Gasteiger charge is 2.47. The summed E-state index contributed by atoms with van der Waals surface area (Å²) in [6.45, 7) is -0.337. The number of furan rings is 2. The first-order chi connectivity index (χ1) is 27.8. The molecule has 1 aliphatic carbocycles. The van der Waals surface area contributed by atoms with Gasteiger partial charge in [0.25, 0.3) is 13.4 Å². The SMILES string of the molecule is c1ccc(N(c2ccccc2)c2ccc(B3c4oc5ccccc5c4B(c4ccc5c(c4)Cc4ccccc4-5)c4oc5ccc6ccccc6c5c43)cc2)cc1. The van der Waals surface area contributed by atoms with E-state index >= 15 is 0 Å². The Hall–Kier alpha value is -6.97. The predicted octanol–water partition coefficient (Wildman–Crippen LogP) is 8.72. The van der Waals surface area contributed by atoms with Gasteiger partial charge >= 0.3 is 0 Å². The third kappa shape index (κ3) is 4.67. The zero-order valence-electron chi connectivity index (χ0n) is 30.5. The molecule has 10 aromatic rings. The molecule has 0 saturated carbocycles. The molecule has 5 heteroatoms. The van der Waals surface area contributed by atoms with Gasteiger partial charge in [0.2, 0.25) is 0 Å². The van der Waals surface area contributed by atoms with Crippen molar-refractivity contribution < 1.29 is 8.83 Å². The fraction of sp³-hybridized carbons (Fsp3) is 0.0196. The summed E-state index contributed by atoms with van der Waals surface area (Å²) in [5, 5.41) is 4.68. The summed E-state index contributed by atoms with van der Waals surface area (Å²) in [4.78, 5) is 2.31. The zero-order valence-corrected chi connectivity index (χ0v) is 30.5. The number of hydrogen-bond acceptors (Lipinski definition) is 3. The molecule has 0 unspecified atom stereocenters. The van der Waals surface area contributed by atoms with Gasteiger partial charge in [0.15, 0.2) is 0 Å². The first-order valence-electron chi connectivity index (χ1n) is 19.4. The van der Waals surface area contributed by atoms with Crippen LogP contribution in [0.15, 0.2) is 197 Å². The van der Waals surface area contributed by atoms with Gasteiger partial charge in [0, 0.05) is 27.8 Å². The van der Waals surface area contributed by atoms with Crippen molar-refractivity contribution in [2.75, 3.05) is 4.90 Å². The minimum absolute atomic E-state index is 0.147. The summed E-state index contributed by atoms with van der Waals surface area (Å²) >= 11 is 0. The molecule has 0 bridgehead atoms. The highest BCUT2D eigenvalue weighted by Crippen LogP contribution is 2.37. The summed E-state index contributed by atoms with van der Waals surface area (Å²) in [7, 11) is 0. The Balaban J connectivity index is 1.10. The van der Waals surface area contributed by atoms with E-state index in [0.29, 0.717) is 0 Å². The van der Waals surface area contributed by atoms with Crippen molar-refractivity contribution in [3.05, 3.63) is 199 Å². The van der Waals surface area contributed by atoms with Crippen molar-refractivity contribution >= 4 is 96.4 Å². The molecule has 3 heterocycles. The minimum Gasteiger partial charge on any atom is -0.471 e. The van der Waals surface area contributed by atoms with E-state index in [2.05, 4.69) is 193 Å². The number of rotatable bonds is 5. The fourth-order valence-corrected chi connectivity index (χ4v) is 9.67. The second-order valence-corrected chi connectivity index (χ2v) is 15.1. The lowest BCUT2D eigenvalue weighted by atomic mass is 9.23. The monoisotopic (exact) mass is 713 g/mol. The molecular weight excluding hydrogens is 680 g/mol. The molecule has 2 aliphatic rings. The maximum absolute atomic E-state index is 7.20. The van der Waals surface area contributed by atoms with Gasteiger partial charge in [-0.25, -0.2) is 0 Å². The van der Waals surface area contributed by atoms with E-state index in [4.69, 9.17) is 8.83 Å². The summed E-state index contributed by atoms with van der Waals surface area (Å²) in [6, 6.07) is 67.7. The zero-order chi connectivity index (χ0) is 36.7. The van der Waals surface area contributed by atoms with Gasteiger partial charge in [0.1, 0.15) is 11.2 Å². The average molecular weight is 713 g/mol. The van der Waals surface area contributed by atoms with E-state index in [0.717, 1.165) is 62.2 Å². The van der Waals surface area contributed by atoms with Crippen molar-refractivity contribution in [1.29, 1.82) is 0 Å². The summed E-state index contributed by atoms with van der Waals surface area (Å²) in [5.74, 6) is 0. The molecule has 56 heavy (non-hydrogen) atoms.